The van der Waals surface area contributed by atoms with Crippen LogP contribution in [0.2, 0.25) is 0 Å². The molecular formula is C7H11NO. The van der Waals surface area contributed by atoms with Crippen LogP contribution in [0.4, 0.5) is 0 Å². The molecule has 2 heteroatoms. The molecular weight excluding hydrogens is 114 g/mol. The Balaban J connectivity index is 2.10. The summed E-state index contributed by atoms with van der Waals surface area (Å²) in [6.45, 7) is 2.92. The van der Waals surface area contributed by atoms with Crippen LogP contribution in [-0.2, 0) is 4.74 Å². The molecule has 0 aliphatic carbocycles. The van der Waals surface area contributed by atoms with Gasteiger partial charge >= 0.3 is 0 Å². The molecule has 2 aliphatic heterocycles. The van der Waals surface area contributed by atoms with Crippen molar-refractivity contribution in [2.24, 2.45) is 0 Å². The number of ether oxygens (including phenoxy) is 1. The Morgan fingerprint density at radius 3 is 3.44 bits per heavy atom. The molecule has 2 rings (SSSR count). The second kappa shape index (κ2) is 2.12. The van der Waals surface area contributed by atoms with Gasteiger partial charge in [0.2, 0.25) is 0 Å². The highest BCUT2D eigenvalue weighted by Crippen LogP contribution is 2.14. The first-order chi connectivity index (χ1) is 4.47. The lowest BCUT2D eigenvalue weighted by Gasteiger charge is -2.21. The summed E-state index contributed by atoms with van der Waals surface area (Å²) in [7, 11) is 0. The van der Waals surface area contributed by atoms with Gasteiger partial charge in [-0.2, -0.15) is 0 Å². The van der Waals surface area contributed by atoms with Gasteiger partial charge in [0.25, 0.3) is 0 Å². The van der Waals surface area contributed by atoms with Crippen molar-refractivity contribution in [2.45, 2.75) is 12.5 Å². The van der Waals surface area contributed by atoms with Crippen molar-refractivity contribution in [1.29, 1.82) is 0 Å². The van der Waals surface area contributed by atoms with Crippen molar-refractivity contribution in [1.82, 2.24) is 4.90 Å². The molecule has 2 heterocycles. The number of nitrogens with zero attached hydrogens (tertiary/aromatic N) is 1. The summed E-state index contributed by atoms with van der Waals surface area (Å²) in [5, 5.41) is 0. The van der Waals surface area contributed by atoms with Gasteiger partial charge in [-0.15, -0.1) is 0 Å². The van der Waals surface area contributed by atoms with Crippen LogP contribution in [0.25, 0.3) is 0 Å². The Morgan fingerprint density at radius 1 is 1.56 bits per heavy atom. The van der Waals surface area contributed by atoms with Crippen LogP contribution in [0.15, 0.2) is 12.2 Å². The number of rotatable bonds is 0. The first kappa shape index (κ1) is 5.45. The Bertz CT molecular complexity index is 133. The van der Waals surface area contributed by atoms with Crippen LogP contribution in [0.5, 0.6) is 0 Å². The summed E-state index contributed by atoms with van der Waals surface area (Å²) >= 11 is 0. The number of hydrogen-bond acceptors (Lipinski definition) is 2. The van der Waals surface area contributed by atoms with E-state index in [0.717, 1.165) is 13.3 Å². The molecule has 9 heavy (non-hydrogen) atoms. The third-order valence-corrected chi connectivity index (χ3v) is 1.96. The minimum atomic E-state index is 0.596. The average Bonchev–Trinajstić information content (AvgIpc) is 2.33. The molecule has 1 atom stereocenters. The summed E-state index contributed by atoms with van der Waals surface area (Å²) in [4.78, 5) is 2.36. The molecule has 2 nitrogen and oxygen atoms in total. The van der Waals surface area contributed by atoms with Crippen molar-refractivity contribution < 1.29 is 4.74 Å². The van der Waals surface area contributed by atoms with Gasteiger partial charge in [-0.3, -0.25) is 4.90 Å². The summed E-state index contributed by atoms with van der Waals surface area (Å²) in [6, 6.07) is 0.596. The Morgan fingerprint density at radius 2 is 2.56 bits per heavy atom. The van der Waals surface area contributed by atoms with Gasteiger partial charge in [0, 0.05) is 6.54 Å². The van der Waals surface area contributed by atoms with E-state index in [2.05, 4.69) is 17.1 Å². The van der Waals surface area contributed by atoms with Crippen LogP contribution >= 0.6 is 0 Å². The van der Waals surface area contributed by atoms with E-state index in [0.29, 0.717) is 6.04 Å². The third kappa shape index (κ3) is 0.884. The normalized spacial score (nSPS) is 34.9. The topological polar surface area (TPSA) is 12.5 Å². The zero-order valence-corrected chi connectivity index (χ0v) is 5.42. The molecule has 1 fully saturated rings. The Hall–Kier alpha value is -0.340. The van der Waals surface area contributed by atoms with E-state index in [1.54, 1.807) is 0 Å². The zero-order valence-electron chi connectivity index (χ0n) is 5.42. The standard InChI is InChI=1S/C7H11NO/c1-2-4-8-6-9-5-7(8)3-1/h1,3,7H,2,4-6H2. The highest BCUT2D eigenvalue weighted by atomic mass is 16.5. The van der Waals surface area contributed by atoms with Crippen molar-refractivity contribution >= 4 is 0 Å². The van der Waals surface area contributed by atoms with Crippen molar-refractivity contribution in [2.75, 3.05) is 19.9 Å². The van der Waals surface area contributed by atoms with E-state index < -0.39 is 0 Å². The van der Waals surface area contributed by atoms with E-state index in [1.807, 2.05) is 0 Å². The maximum atomic E-state index is 5.27. The maximum Gasteiger partial charge on any atom is 0.0996 e. The first-order valence-corrected chi connectivity index (χ1v) is 3.45. The maximum absolute atomic E-state index is 5.27. The van der Waals surface area contributed by atoms with Crippen LogP contribution < -0.4 is 0 Å². The van der Waals surface area contributed by atoms with Gasteiger partial charge in [-0.05, 0) is 6.42 Å². The minimum absolute atomic E-state index is 0.596. The molecule has 0 amide bonds. The molecule has 0 aromatic rings. The molecule has 2 aliphatic rings. The monoisotopic (exact) mass is 125 g/mol. The second-order valence-corrected chi connectivity index (χ2v) is 2.60. The fourth-order valence-electron chi connectivity index (χ4n) is 1.39. The molecule has 50 valence electrons. The van der Waals surface area contributed by atoms with Crippen LogP contribution in [-0.4, -0.2) is 30.8 Å². The summed E-state index contributed by atoms with van der Waals surface area (Å²) in [6.07, 6.45) is 5.69. The van der Waals surface area contributed by atoms with Crippen molar-refractivity contribution in [3.8, 4) is 0 Å². The summed E-state index contributed by atoms with van der Waals surface area (Å²) in [5.74, 6) is 0. The van der Waals surface area contributed by atoms with Gasteiger partial charge in [0.1, 0.15) is 0 Å². The Kier molecular flexibility index (Phi) is 1.28. The molecule has 0 bridgehead atoms. The van der Waals surface area contributed by atoms with Crippen LogP contribution in [0, 0.1) is 0 Å². The van der Waals surface area contributed by atoms with Gasteiger partial charge in [-0.1, -0.05) is 12.2 Å². The first-order valence-electron chi connectivity index (χ1n) is 3.45. The van der Waals surface area contributed by atoms with Crippen molar-refractivity contribution in [3.05, 3.63) is 12.2 Å². The summed E-state index contributed by atoms with van der Waals surface area (Å²) < 4.78 is 5.27. The van der Waals surface area contributed by atoms with E-state index in [-0.39, 0.29) is 0 Å². The highest BCUT2D eigenvalue weighted by molar-refractivity contribution is 5.00. The molecule has 1 unspecified atom stereocenters. The lowest BCUT2D eigenvalue weighted by Crippen LogP contribution is -2.32. The van der Waals surface area contributed by atoms with Crippen molar-refractivity contribution in [3.63, 3.8) is 0 Å². The lowest BCUT2D eigenvalue weighted by molar-refractivity contribution is 0.140. The SMILES string of the molecule is C1=CC2COCN2CC1. The smallest absolute Gasteiger partial charge is 0.0996 e. The van der Waals surface area contributed by atoms with E-state index in [1.165, 1.54) is 13.0 Å². The molecule has 0 saturated carbocycles. The Labute approximate surface area is 55.1 Å². The van der Waals surface area contributed by atoms with Gasteiger partial charge < -0.3 is 4.74 Å². The predicted molar refractivity (Wildman–Crippen MR) is 35.1 cm³/mol. The van der Waals surface area contributed by atoms with Crippen LogP contribution in [0.1, 0.15) is 6.42 Å². The van der Waals surface area contributed by atoms with E-state index >= 15 is 0 Å². The van der Waals surface area contributed by atoms with E-state index in [4.69, 9.17) is 4.74 Å². The van der Waals surface area contributed by atoms with Crippen LogP contribution in [0.3, 0.4) is 0 Å². The van der Waals surface area contributed by atoms with E-state index in [9.17, 15) is 0 Å². The zero-order chi connectivity index (χ0) is 6.10. The third-order valence-electron chi connectivity index (χ3n) is 1.96. The van der Waals surface area contributed by atoms with Gasteiger partial charge in [0.05, 0.1) is 19.4 Å². The highest BCUT2D eigenvalue weighted by Gasteiger charge is 2.23. The quantitative estimate of drug-likeness (QED) is 0.440. The molecule has 0 spiro atoms. The average molecular weight is 125 g/mol. The van der Waals surface area contributed by atoms with Gasteiger partial charge in [-0.25, -0.2) is 0 Å². The molecule has 1 saturated heterocycles. The molecule has 0 aromatic carbocycles. The number of fused-ring (bicyclic) bond motifs is 1. The molecule has 0 radical (unpaired) electrons. The van der Waals surface area contributed by atoms with Gasteiger partial charge in [0.15, 0.2) is 0 Å². The minimum Gasteiger partial charge on any atom is -0.364 e. The molecule has 0 N–H and O–H groups in total. The lowest BCUT2D eigenvalue weighted by atomic mass is 10.2. The fourth-order valence-corrected chi connectivity index (χ4v) is 1.39. The number of hydrogen-bond donors (Lipinski definition) is 0. The largest absolute Gasteiger partial charge is 0.364 e. The fraction of sp³-hybridized carbons (Fsp3) is 0.714. The predicted octanol–water partition coefficient (Wildman–Crippen LogP) is 0.605. The second-order valence-electron chi connectivity index (χ2n) is 2.60. The summed E-state index contributed by atoms with van der Waals surface area (Å²) in [5.41, 5.74) is 0. The molecule has 0 aromatic heterocycles.